The van der Waals surface area contributed by atoms with Crippen molar-refractivity contribution in [2.75, 3.05) is 0 Å². The van der Waals surface area contributed by atoms with Crippen LogP contribution in [0.5, 0.6) is 0 Å². The van der Waals surface area contributed by atoms with Crippen molar-refractivity contribution in [2.24, 2.45) is 0 Å². The molecular weight excluding hydrogens is 445 g/mol. The summed E-state index contributed by atoms with van der Waals surface area (Å²) >= 11 is 12.0. The molecule has 4 nitrogen and oxygen atoms in total. The van der Waals surface area contributed by atoms with Crippen LogP contribution in [0.2, 0.25) is 10.0 Å². The third-order valence-electron chi connectivity index (χ3n) is 4.61. The number of hydrogen-bond acceptors (Lipinski definition) is 3. The van der Waals surface area contributed by atoms with Gasteiger partial charge in [0.25, 0.3) is 5.91 Å². The van der Waals surface area contributed by atoms with Crippen molar-refractivity contribution in [3.8, 4) is 23.7 Å². The maximum Gasteiger partial charge on any atom is 0.304 e. The summed E-state index contributed by atoms with van der Waals surface area (Å²) in [6.45, 7) is 7.09. The van der Waals surface area contributed by atoms with Crippen LogP contribution in [0.25, 0.3) is 0 Å². The van der Waals surface area contributed by atoms with Crippen LogP contribution in [-0.2, 0) is 9.53 Å². The van der Waals surface area contributed by atoms with Gasteiger partial charge in [-0.3, -0.25) is 9.59 Å². The van der Waals surface area contributed by atoms with Gasteiger partial charge in [0.1, 0.15) is 0 Å². The zero-order chi connectivity index (χ0) is 23.8. The molecule has 0 heterocycles. The monoisotopic (exact) mass is 475 g/mol. The molecule has 1 amide bonds. The van der Waals surface area contributed by atoms with Crippen molar-refractivity contribution in [3.63, 3.8) is 0 Å². The highest BCUT2D eigenvalue weighted by Crippen LogP contribution is 2.22. The summed E-state index contributed by atoms with van der Waals surface area (Å²) in [4.78, 5) is 23.7. The average molecular weight is 476 g/mol. The number of carbonyl (C=O) groups is 2. The molecule has 0 aliphatic rings. The molecule has 0 aliphatic carbocycles. The minimum Gasteiger partial charge on any atom is -0.445 e. The Labute approximate surface area is 202 Å². The lowest BCUT2D eigenvalue weighted by molar-refractivity contribution is -0.142. The summed E-state index contributed by atoms with van der Waals surface area (Å²) in [6.07, 6.45) is 9.61. The van der Waals surface area contributed by atoms with Crippen molar-refractivity contribution < 1.29 is 14.3 Å². The Kier molecular flexibility index (Phi) is 14.0. The lowest BCUT2D eigenvalue weighted by Crippen LogP contribution is -2.33. The fourth-order valence-corrected chi connectivity index (χ4v) is 3.21. The molecule has 32 heavy (non-hydrogen) atoms. The van der Waals surface area contributed by atoms with E-state index in [1.807, 2.05) is 0 Å². The van der Waals surface area contributed by atoms with E-state index in [9.17, 15) is 9.59 Å². The summed E-state index contributed by atoms with van der Waals surface area (Å²) < 4.78 is 4.98. The van der Waals surface area contributed by atoms with E-state index in [-0.39, 0.29) is 11.9 Å². The van der Waals surface area contributed by atoms with Crippen molar-refractivity contribution in [1.82, 2.24) is 5.32 Å². The second kappa shape index (κ2) is 16.3. The Bertz CT molecular complexity index is 890. The number of nitrogens with one attached hydrogen (secondary N) is 1. The molecule has 1 rings (SSSR count). The number of esters is 1. The van der Waals surface area contributed by atoms with Gasteiger partial charge >= 0.3 is 5.97 Å². The average Bonchev–Trinajstić information content (AvgIpc) is 2.76. The van der Waals surface area contributed by atoms with E-state index in [1.165, 1.54) is 51.2 Å². The molecule has 0 saturated carbocycles. The van der Waals surface area contributed by atoms with Crippen LogP contribution in [0.15, 0.2) is 30.9 Å². The van der Waals surface area contributed by atoms with E-state index in [0.717, 1.165) is 12.8 Å². The van der Waals surface area contributed by atoms with E-state index in [4.69, 9.17) is 27.9 Å². The Morgan fingerprint density at radius 2 is 1.72 bits per heavy atom. The van der Waals surface area contributed by atoms with Gasteiger partial charge in [0.05, 0.1) is 16.1 Å². The van der Waals surface area contributed by atoms with Gasteiger partial charge in [-0.2, -0.15) is 0 Å². The molecule has 1 aromatic carbocycles. The summed E-state index contributed by atoms with van der Waals surface area (Å²) in [7, 11) is 0. The number of carbonyl (C=O) groups excluding carboxylic acids is 2. The van der Waals surface area contributed by atoms with Gasteiger partial charge in [0.2, 0.25) is 0 Å². The molecule has 0 unspecified atom stereocenters. The van der Waals surface area contributed by atoms with Crippen LogP contribution in [-0.4, -0.2) is 24.0 Å². The topological polar surface area (TPSA) is 55.4 Å². The number of unbranched alkanes of at least 4 members (excludes halogenated alkanes) is 6. The van der Waals surface area contributed by atoms with E-state index >= 15 is 0 Å². The van der Waals surface area contributed by atoms with E-state index in [0.29, 0.717) is 22.0 Å². The molecule has 0 fully saturated rings. The van der Waals surface area contributed by atoms with Crippen LogP contribution in [0.1, 0.15) is 75.6 Å². The van der Waals surface area contributed by atoms with Gasteiger partial charge in [-0.05, 0) is 48.5 Å². The fourth-order valence-electron chi connectivity index (χ4n) is 2.91. The van der Waals surface area contributed by atoms with Gasteiger partial charge in [-0.25, -0.2) is 0 Å². The van der Waals surface area contributed by atoms with Crippen molar-refractivity contribution >= 4 is 35.1 Å². The van der Waals surface area contributed by atoms with Crippen LogP contribution >= 0.6 is 23.2 Å². The third-order valence-corrected chi connectivity index (χ3v) is 5.35. The number of rotatable bonds is 12. The molecule has 1 aromatic rings. The zero-order valence-corrected chi connectivity index (χ0v) is 20.3. The van der Waals surface area contributed by atoms with Gasteiger partial charge < -0.3 is 10.1 Å². The Hall–Kier alpha value is -2.40. The minimum atomic E-state index is -0.714. The Morgan fingerprint density at radius 3 is 2.34 bits per heavy atom. The fraction of sp³-hybridized carbons (Fsp3) is 0.462. The predicted molar refractivity (Wildman–Crippen MR) is 132 cm³/mol. The van der Waals surface area contributed by atoms with E-state index in [2.05, 4.69) is 42.5 Å². The number of amides is 1. The van der Waals surface area contributed by atoms with Gasteiger partial charge in [-0.1, -0.05) is 87.6 Å². The summed E-state index contributed by atoms with van der Waals surface area (Å²) in [5.41, 5.74) is 0.415. The molecule has 172 valence electrons. The third kappa shape index (κ3) is 11.8. The highest BCUT2D eigenvalue weighted by atomic mass is 35.5. The van der Waals surface area contributed by atoms with Gasteiger partial charge in [-0.15, -0.1) is 0 Å². The van der Waals surface area contributed by atoms with Crippen LogP contribution in [0, 0.1) is 23.7 Å². The molecule has 0 bridgehead atoms. The SMILES string of the molecule is C=C[C@@H](C#CC#C[C@H](CCCCCCCCC)NC(=O)c1ccc(Cl)c(Cl)c1)OC(C)=O. The molecule has 0 saturated heterocycles. The first-order valence-electron chi connectivity index (χ1n) is 10.9. The molecular formula is C26H31Cl2NO3. The predicted octanol–water partition coefficient (Wildman–Crippen LogP) is 6.36. The van der Waals surface area contributed by atoms with Crippen LogP contribution in [0.4, 0.5) is 0 Å². The Morgan fingerprint density at radius 1 is 1.06 bits per heavy atom. The highest BCUT2D eigenvalue weighted by Gasteiger charge is 2.13. The smallest absolute Gasteiger partial charge is 0.304 e. The molecule has 2 atom stereocenters. The first kappa shape index (κ1) is 27.6. The molecule has 0 radical (unpaired) electrons. The van der Waals surface area contributed by atoms with Gasteiger partial charge in [0.15, 0.2) is 6.10 Å². The lowest BCUT2D eigenvalue weighted by Gasteiger charge is -2.13. The second-order valence-corrected chi connectivity index (χ2v) is 8.18. The zero-order valence-electron chi connectivity index (χ0n) is 18.8. The lowest BCUT2D eigenvalue weighted by atomic mass is 10.0. The van der Waals surface area contributed by atoms with Crippen molar-refractivity contribution in [1.29, 1.82) is 0 Å². The summed E-state index contributed by atoms with van der Waals surface area (Å²) in [6, 6.07) is 4.38. The highest BCUT2D eigenvalue weighted by molar-refractivity contribution is 6.42. The molecule has 6 heteroatoms. The maximum absolute atomic E-state index is 12.6. The summed E-state index contributed by atoms with van der Waals surface area (Å²) in [5, 5.41) is 3.65. The number of benzene rings is 1. The largest absolute Gasteiger partial charge is 0.445 e. The quantitative estimate of drug-likeness (QED) is 0.165. The standard InChI is InChI=1S/C26H31Cl2NO3/c1-4-6-7-8-9-10-11-14-22(15-12-13-16-23(5-2)32-20(3)30)29-26(31)21-17-18-24(27)25(28)19-21/h5,17-19,22-23H,2,4,6-11,14H2,1,3H3,(H,29,31)/t22-,23-/m0/s1. The molecule has 0 aliphatic heterocycles. The Balaban J connectivity index is 2.78. The normalized spacial score (nSPS) is 11.8. The van der Waals surface area contributed by atoms with E-state index < -0.39 is 12.1 Å². The number of ether oxygens (including phenoxy) is 1. The number of halogens is 2. The van der Waals surface area contributed by atoms with Crippen molar-refractivity contribution in [3.05, 3.63) is 46.5 Å². The number of hydrogen-bond donors (Lipinski definition) is 1. The van der Waals surface area contributed by atoms with Crippen LogP contribution < -0.4 is 5.32 Å². The first-order valence-corrected chi connectivity index (χ1v) is 11.7. The minimum absolute atomic E-state index is 0.275. The molecule has 1 N–H and O–H groups in total. The van der Waals surface area contributed by atoms with Crippen LogP contribution in [0.3, 0.4) is 0 Å². The van der Waals surface area contributed by atoms with Gasteiger partial charge in [0, 0.05) is 12.5 Å². The van der Waals surface area contributed by atoms with Crippen molar-refractivity contribution in [2.45, 2.75) is 77.4 Å². The second-order valence-electron chi connectivity index (χ2n) is 7.37. The molecule has 0 spiro atoms. The van der Waals surface area contributed by atoms with E-state index in [1.54, 1.807) is 12.1 Å². The summed E-state index contributed by atoms with van der Waals surface area (Å²) in [5.74, 6) is 10.4. The maximum atomic E-state index is 12.6. The molecule has 0 aromatic heterocycles. The first-order chi connectivity index (χ1) is 15.4.